The van der Waals surface area contributed by atoms with Crippen molar-refractivity contribution in [2.45, 2.75) is 122 Å². The molecule has 2 aliphatic rings. The topological polar surface area (TPSA) is 198 Å². The maximum absolute atomic E-state index is 13.7. The molecule has 0 aromatic carbocycles. The van der Waals surface area contributed by atoms with Crippen LogP contribution in [0.25, 0.3) is 0 Å². The molecule has 14 nitrogen and oxygen atoms in total. The third kappa shape index (κ3) is 10.8. The first-order valence-corrected chi connectivity index (χ1v) is 14.7. The molecule has 2 aliphatic heterocycles. The van der Waals surface area contributed by atoms with Crippen LogP contribution in [0, 0.1) is 5.92 Å². The normalized spacial score (nSPS) is 30.0. The van der Waals surface area contributed by atoms with Gasteiger partial charge in [-0.15, -0.1) is 0 Å². The lowest BCUT2D eigenvalue weighted by Crippen LogP contribution is -2.63. The lowest BCUT2D eigenvalue weighted by atomic mass is 10.0. The second-order valence-corrected chi connectivity index (χ2v) is 12.8. The number of rotatable bonds is 6. The smallest absolute Gasteiger partial charge is 0.305 e. The summed E-state index contributed by atoms with van der Waals surface area (Å²) in [6, 6.07) is -5.32. The van der Waals surface area contributed by atoms with E-state index in [0.717, 1.165) is 0 Å². The zero-order valence-electron chi connectivity index (χ0n) is 25.9. The lowest BCUT2D eigenvalue weighted by molar-refractivity contribution is -0.142. The fourth-order valence-corrected chi connectivity index (χ4v) is 5.21. The molecule has 0 bridgehead atoms. The maximum Gasteiger partial charge on any atom is 0.305 e. The number of hydrogen-bond donors (Lipinski definition) is 7. The Labute approximate surface area is 248 Å². The van der Waals surface area contributed by atoms with Crippen molar-refractivity contribution in [2.75, 3.05) is 19.9 Å². The van der Waals surface area contributed by atoms with Crippen LogP contribution in [0.2, 0.25) is 0 Å². The van der Waals surface area contributed by atoms with Gasteiger partial charge < -0.3 is 36.2 Å². The molecule has 0 saturated carbocycles. The molecular weight excluding hydrogens is 548 g/mol. The van der Waals surface area contributed by atoms with Crippen LogP contribution in [0.5, 0.6) is 0 Å². The van der Waals surface area contributed by atoms with Gasteiger partial charge in [-0.1, -0.05) is 13.8 Å². The number of aliphatic hydroxyl groups is 1. The van der Waals surface area contributed by atoms with Crippen LogP contribution in [0.3, 0.4) is 0 Å². The molecule has 2 fully saturated rings. The van der Waals surface area contributed by atoms with Gasteiger partial charge in [0.05, 0.1) is 37.9 Å². The Balaban J connectivity index is 2.49. The zero-order valence-corrected chi connectivity index (χ0v) is 25.9. The SMILES string of the molecule is CC(C)C[C@@H]1NC(=O)[C@@H]2CCCN2[C@H](C(=O)NC(C)(C)C)[C@H](C)NCOC[C@H]([C@@H](C)O)NC(=O)[C@H](CC(=O)O)NC1=O. The number of amides is 4. The van der Waals surface area contributed by atoms with E-state index in [1.807, 2.05) is 46.4 Å². The summed E-state index contributed by atoms with van der Waals surface area (Å²) in [5.41, 5.74) is -0.520. The third-order valence-corrected chi connectivity index (χ3v) is 7.26. The minimum atomic E-state index is -1.45. The van der Waals surface area contributed by atoms with Gasteiger partial charge in [0.2, 0.25) is 23.6 Å². The number of carboxylic acids is 1. The van der Waals surface area contributed by atoms with Crippen LogP contribution in [0.15, 0.2) is 0 Å². The molecule has 4 amide bonds. The number of nitrogens with one attached hydrogen (secondary N) is 5. The van der Waals surface area contributed by atoms with E-state index >= 15 is 0 Å². The molecule has 0 aromatic heterocycles. The molecule has 240 valence electrons. The Kier molecular flexibility index (Phi) is 13.1. The molecule has 7 atom stereocenters. The van der Waals surface area contributed by atoms with Gasteiger partial charge in [-0.3, -0.25) is 34.2 Å². The minimum Gasteiger partial charge on any atom is -0.481 e. The van der Waals surface area contributed by atoms with Crippen LogP contribution >= 0.6 is 0 Å². The van der Waals surface area contributed by atoms with Crippen LogP contribution in [-0.2, 0) is 28.7 Å². The fraction of sp³-hybridized carbons (Fsp3) is 0.821. The van der Waals surface area contributed by atoms with E-state index in [1.165, 1.54) is 6.92 Å². The number of carbonyl (C=O) groups is 5. The average molecular weight is 599 g/mol. The minimum absolute atomic E-state index is 0.0205. The molecule has 0 spiro atoms. The molecule has 7 N–H and O–H groups in total. The first kappa shape index (κ1) is 35.4. The van der Waals surface area contributed by atoms with Gasteiger partial charge in [0.1, 0.15) is 18.1 Å². The summed E-state index contributed by atoms with van der Waals surface area (Å²) >= 11 is 0. The van der Waals surface area contributed by atoms with Crippen molar-refractivity contribution >= 4 is 29.6 Å². The van der Waals surface area contributed by atoms with Gasteiger partial charge in [-0.25, -0.2) is 0 Å². The van der Waals surface area contributed by atoms with Crippen LogP contribution in [0.4, 0.5) is 0 Å². The number of aliphatic hydroxyl groups excluding tert-OH is 1. The van der Waals surface area contributed by atoms with E-state index in [4.69, 9.17) is 4.74 Å². The van der Waals surface area contributed by atoms with Crippen molar-refractivity contribution in [1.82, 2.24) is 31.5 Å². The molecule has 2 rings (SSSR count). The molecule has 0 aromatic rings. The monoisotopic (exact) mass is 598 g/mol. The number of carbonyl (C=O) groups excluding carboxylic acids is 4. The Hall–Kier alpha value is -2.81. The Bertz CT molecular complexity index is 969. The van der Waals surface area contributed by atoms with Crippen LogP contribution in [-0.4, -0.2) is 112 Å². The predicted octanol–water partition coefficient (Wildman–Crippen LogP) is -0.944. The molecule has 14 heteroatoms. The summed E-state index contributed by atoms with van der Waals surface area (Å²) in [4.78, 5) is 67.1. The number of fused-ring (bicyclic) bond motifs is 1. The van der Waals surface area contributed by atoms with E-state index in [-0.39, 0.29) is 31.6 Å². The molecule has 0 unspecified atom stereocenters. The van der Waals surface area contributed by atoms with Gasteiger partial charge in [0, 0.05) is 11.6 Å². The van der Waals surface area contributed by atoms with Gasteiger partial charge in [-0.2, -0.15) is 0 Å². The van der Waals surface area contributed by atoms with E-state index in [9.17, 15) is 34.2 Å². The summed E-state index contributed by atoms with van der Waals surface area (Å²) < 4.78 is 5.69. The first-order chi connectivity index (χ1) is 19.5. The summed E-state index contributed by atoms with van der Waals surface area (Å²) in [6.45, 7) is 13.0. The van der Waals surface area contributed by atoms with E-state index in [1.54, 1.807) is 0 Å². The Morgan fingerprint density at radius 3 is 2.24 bits per heavy atom. The molecule has 42 heavy (non-hydrogen) atoms. The van der Waals surface area contributed by atoms with Crippen molar-refractivity contribution in [3.05, 3.63) is 0 Å². The van der Waals surface area contributed by atoms with Crippen molar-refractivity contribution < 1.29 is 38.9 Å². The quantitative estimate of drug-likeness (QED) is 0.200. The maximum atomic E-state index is 13.7. The number of ether oxygens (including phenoxy) is 1. The fourth-order valence-electron chi connectivity index (χ4n) is 5.21. The summed E-state index contributed by atoms with van der Waals surface area (Å²) in [5, 5.41) is 33.7. The van der Waals surface area contributed by atoms with Gasteiger partial charge >= 0.3 is 5.97 Å². The van der Waals surface area contributed by atoms with Gasteiger partial charge in [0.25, 0.3) is 0 Å². The molecule has 0 aliphatic carbocycles. The summed E-state index contributed by atoms with van der Waals surface area (Å²) in [6.07, 6.45) is -0.378. The molecule has 2 saturated heterocycles. The van der Waals surface area contributed by atoms with Gasteiger partial charge in [0.15, 0.2) is 0 Å². The van der Waals surface area contributed by atoms with Crippen molar-refractivity contribution in [2.24, 2.45) is 5.92 Å². The van der Waals surface area contributed by atoms with E-state index in [2.05, 4.69) is 26.6 Å². The van der Waals surface area contributed by atoms with Gasteiger partial charge in [-0.05, 0) is 66.3 Å². The second-order valence-electron chi connectivity index (χ2n) is 12.8. The number of hydrogen-bond acceptors (Lipinski definition) is 9. The van der Waals surface area contributed by atoms with Crippen molar-refractivity contribution in [3.63, 3.8) is 0 Å². The summed E-state index contributed by atoms with van der Waals surface area (Å²) in [5.74, 6) is -3.52. The average Bonchev–Trinajstić information content (AvgIpc) is 3.32. The highest BCUT2D eigenvalue weighted by Gasteiger charge is 2.43. The lowest BCUT2D eigenvalue weighted by Gasteiger charge is -2.37. The number of aliphatic carboxylic acids is 1. The standard InChI is InChI=1S/C28H50N6O8/c1-15(2)11-18-24(38)30-19(12-22(36)37)25(39)32-20(17(4)35)13-42-14-29-16(3)23(27(41)33-28(5,6)7)34-10-8-9-21(34)26(40)31-18/h15-21,23,29,35H,8-14H2,1-7H3,(H,30,38)(H,31,40)(H,32,39)(H,33,41)(H,36,37)/t16-,17+,18-,19-,20+,21-,23-/m0/s1. The van der Waals surface area contributed by atoms with E-state index in [0.29, 0.717) is 19.4 Å². The van der Waals surface area contributed by atoms with Crippen LogP contribution < -0.4 is 26.6 Å². The summed E-state index contributed by atoms with van der Waals surface area (Å²) in [7, 11) is 0. The predicted molar refractivity (Wildman–Crippen MR) is 154 cm³/mol. The second kappa shape index (κ2) is 15.6. The number of carboxylic acid groups (broad SMARTS) is 1. The molecular formula is C28H50N6O8. The largest absolute Gasteiger partial charge is 0.481 e. The third-order valence-electron chi connectivity index (χ3n) is 7.26. The molecule has 0 radical (unpaired) electrons. The highest BCUT2D eigenvalue weighted by molar-refractivity contribution is 5.95. The Morgan fingerprint density at radius 2 is 1.67 bits per heavy atom. The first-order valence-electron chi connectivity index (χ1n) is 14.7. The highest BCUT2D eigenvalue weighted by Crippen LogP contribution is 2.24. The highest BCUT2D eigenvalue weighted by atomic mass is 16.5. The molecule has 2 heterocycles. The Morgan fingerprint density at radius 1 is 1.05 bits per heavy atom. The number of nitrogens with zero attached hydrogens (tertiary/aromatic N) is 1. The van der Waals surface area contributed by atoms with Crippen molar-refractivity contribution in [1.29, 1.82) is 0 Å². The zero-order chi connectivity index (χ0) is 31.8. The van der Waals surface area contributed by atoms with Crippen molar-refractivity contribution in [3.8, 4) is 0 Å². The van der Waals surface area contributed by atoms with E-state index < -0.39 is 78.0 Å². The van der Waals surface area contributed by atoms with Crippen LogP contribution in [0.1, 0.15) is 74.1 Å².